The first kappa shape index (κ1) is 14.4. The Morgan fingerprint density at radius 3 is 2.39 bits per heavy atom. The van der Waals surface area contributed by atoms with E-state index in [1.165, 1.54) is 6.92 Å². The second kappa shape index (κ2) is 6.91. The van der Waals surface area contributed by atoms with E-state index in [0.29, 0.717) is 6.61 Å². The molecule has 1 amide bonds. The number of rotatable bonds is 6. The summed E-state index contributed by atoms with van der Waals surface area (Å²) in [7, 11) is 0. The fourth-order valence-corrected chi connectivity index (χ4v) is 1.28. The van der Waals surface area contributed by atoms with E-state index in [0.717, 1.165) is 11.3 Å². The summed E-state index contributed by atoms with van der Waals surface area (Å²) in [4.78, 5) is 22.2. The Kier molecular flexibility index (Phi) is 5.52. The van der Waals surface area contributed by atoms with Crippen LogP contribution in [0.3, 0.4) is 0 Å². The fraction of sp³-hybridized carbons (Fsp3) is 0.429. The summed E-state index contributed by atoms with van der Waals surface area (Å²) in [5.41, 5.74) is 1.74. The van der Waals surface area contributed by atoms with Gasteiger partial charge in [-0.05, 0) is 24.6 Å². The minimum Gasteiger partial charge on any atom is -0.369 e. The molecule has 1 N–H and O–H groups in total. The molecule has 18 heavy (non-hydrogen) atoms. The maximum Gasteiger partial charge on any atom is 0.226 e. The van der Waals surface area contributed by atoms with Gasteiger partial charge in [-0.25, -0.2) is 0 Å². The molecule has 0 spiro atoms. The summed E-state index contributed by atoms with van der Waals surface area (Å²) >= 11 is 0. The zero-order valence-corrected chi connectivity index (χ0v) is 11.0. The molecule has 100 valence electrons. The number of hydrogen-bond donors (Lipinski definition) is 1. The van der Waals surface area contributed by atoms with Crippen LogP contribution < -0.4 is 5.32 Å². The van der Waals surface area contributed by atoms with Gasteiger partial charge in [0.15, 0.2) is 5.78 Å². The van der Waals surface area contributed by atoms with E-state index in [4.69, 9.17) is 4.74 Å². The fourth-order valence-electron chi connectivity index (χ4n) is 1.28. The van der Waals surface area contributed by atoms with Crippen molar-refractivity contribution in [3.05, 3.63) is 29.8 Å². The Morgan fingerprint density at radius 2 is 1.89 bits per heavy atom. The van der Waals surface area contributed by atoms with E-state index in [1.54, 1.807) is 0 Å². The highest BCUT2D eigenvalue weighted by Crippen LogP contribution is 2.11. The molecular formula is C14H21NO3. The lowest BCUT2D eigenvalue weighted by Gasteiger charge is -2.08. The largest absolute Gasteiger partial charge is 0.369 e. The van der Waals surface area contributed by atoms with E-state index in [2.05, 4.69) is 5.32 Å². The highest BCUT2D eigenvalue weighted by atomic mass is 16.5. The van der Waals surface area contributed by atoms with Crippen molar-refractivity contribution in [1.29, 1.82) is 0 Å². The lowest BCUT2D eigenvalue weighted by Crippen LogP contribution is -2.17. The highest BCUT2D eigenvalue weighted by molar-refractivity contribution is 5.92. The molecule has 0 aliphatic carbocycles. The van der Waals surface area contributed by atoms with Crippen LogP contribution in [-0.2, 0) is 20.9 Å². The van der Waals surface area contributed by atoms with Crippen molar-refractivity contribution in [3.63, 3.8) is 0 Å². The average molecular weight is 251 g/mol. The van der Waals surface area contributed by atoms with Gasteiger partial charge in [-0.1, -0.05) is 26.0 Å². The van der Waals surface area contributed by atoms with Gasteiger partial charge in [0.05, 0.1) is 6.61 Å². The summed E-state index contributed by atoms with van der Waals surface area (Å²) in [5, 5.41) is 2.81. The van der Waals surface area contributed by atoms with E-state index < -0.39 is 0 Å². The second-order valence-electron chi connectivity index (χ2n) is 4.54. The second-order valence-corrected chi connectivity index (χ2v) is 4.54. The third-order valence-electron chi connectivity index (χ3n) is 2.32. The average Bonchev–Trinajstić information content (AvgIpc) is 2.30. The first-order valence-electron chi connectivity index (χ1n) is 5.96. The molecule has 0 aromatic heterocycles. The van der Waals surface area contributed by atoms with Crippen LogP contribution in [-0.4, -0.2) is 18.3 Å². The van der Waals surface area contributed by atoms with Crippen LogP contribution in [0.4, 0.5) is 5.69 Å². The van der Waals surface area contributed by atoms with Gasteiger partial charge in [-0.2, -0.15) is 0 Å². The van der Waals surface area contributed by atoms with Gasteiger partial charge in [-0.15, -0.1) is 0 Å². The monoisotopic (exact) mass is 251 g/mol. The van der Waals surface area contributed by atoms with Crippen molar-refractivity contribution in [2.45, 2.75) is 27.4 Å². The third-order valence-corrected chi connectivity index (χ3v) is 2.32. The van der Waals surface area contributed by atoms with Gasteiger partial charge in [0.1, 0.15) is 6.61 Å². The zero-order valence-electron chi connectivity index (χ0n) is 11.0. The Morgan fingerprint density at radius 1 is 1.28 bits per heavy atom. The van der Waals surface area contributed by atoms with E-state index in [-0.39, 0.29) is 25.6 Å². The summed E-state index contributed by atoms with van der Waals surface area (Å²) in [5.74, 6) is -0.0324. The van der Waals surface area contributed by atoms with Crippen molar-refractivity contribution in [3.8, 4) is 0 Å². The lowest BCUT2D eigenvalue weighted by atomic mass is 10.2. The molecule has 0 unspecified atom stereocenters. The number of hydrogen-bond acceptors (Lipinski definition) is 3. The quantitative estimate of drug-likeness (QED) is 0.845. The summed E-state index contributed by atoms with van der Waals surface area (Å²) in [6.45, 7) is 5.72. The van der Waals surface area contributed by atoms with Gasteiger partial charge in [0, 0.05) is 13.0 Å². The minimum absolute atomic E-state index is 0. The molecule has 1 aromatic rings. The number of benzene rings is 1. The molecule has 0 saturated carbocycles. The first-order valence-corrected chi connectivity index (χ1v) is 5.96. The topological polar surface area (TPSA) is 55.4 Å². The molecule has 0 aliphatic rings. The summed E-state index contributed by atoms with van der Waals surface area (Å²) < 4.78 is 5.20. The molecule has 1 aromatic carbocycles. The predicted octanol–water partition coefficient (Wildman–Crippen LogP) is 2.63. The maximum atomic E-state index is 11.5. The molecule has 0 atom stereocenters. The Balaban J connectivity index is 0.00000324. The van der Waals surface area contributed by atoms with Gasteiger partial charge in [0.25, 0.3) is 0 Å². The van der Waals surface area contributed by atoms with E-state index >= 15 is 0 Å². The van der Waals surface area contributed by atoms with Gasteiger partial charge < -0.3 is 10.1 Å². The molecule has 0 heterocycles. The normalized spacial score (nSPS) is 10.4. The number of anilines is 1. The molecule has 1 rings (SSSR count). The van der Waals surface area contributed by atoms with Crippen molar-refractivity contribution < 1.29 is 15.8 Å². The number of nitrogens with one attached hydrogen (secondary N) is 1. The molecule has 4 nitrogen and oxygen atoms in total. The Hall–Kier alpha value is -1.68. The Bertz CT molecular complexity index is 415. The van der Waals surface area contributed by atoms with Crippen LogP contribution in [0, 0.1) is 5.92 Å². The molecule has 0 saturated heterocycles. The van der Waals surface area contributed by atoms with Crippen LogP contribution in [0.5, 0.6) is 0 Å². The van der Waals surface area contributed by atoms with Crippen LogP contribution >= 0.6 is 0 Å². The molecule has 0 aliphatic heterocycles. The number of ether oxygens (including phenoxy) is 1. The SMILES string of the molecule is CC(=O)COCc1ccc(NC(=O)C(C)C)cc1.[HH]. The van der Waals surface area contributed by atoms with Crippen LogP contribution in [0.2, 0.25) is 0 Å². The minimum atomic E-state index is -0.0384. The highest BCUT2D eigenvalue weighted by Gasteiger charge is 2.06. The van der Waals surface area contributed by atoms with Gasteiger partial charge in [-0.3, -0.25) is 9.59 Å². The van der Waals surface area contributed by atoms with E-state index in [9.17, 15) is 9.59 Å². The van der Waals surface area contributed by atoms with Crippen molar-refractivity contribution in [1.82, 2.24) is 0 Å². The lowest BCUT2D eigenvalue weighted by molar-refractivity contribution is -0.122. The van der Waals surface area contributed by atoms with Crippen LogP contribution in [0.25, 0.3) is 0 Å². The van der Waals surface area contributed by atoms with E-state index in [1.807, 2.05) is 38.1 Å². The number of carbonyl (C=O) groups is 2. The molecule has 0 fully saturated rings. The number of amides is 1. The Labute approximate surface area is 109 Å². The van der Waals surface area contributed by atoms with Crippen LogP contribution in [0.1, 0.15) is 27.8 Å². The predicted molar refractivity (Wildman–Crippen MR) is 72.4 cm³/mol. The number of ketones is 1. The standard InChI is InChI=1S/C14H19NO3.H2/c1-10(2)14(17)15-13-6-4-12(5-7-13)9-18-8-11(3)16;/h4-7,10H,8-9H2,1-3H3,(H,15,17);1H. The van der Waals surface area contributed by atoms with Gasteiger partial charge in [0.2, 0.25) is 5.91 Å². The number of carbonyl (C=O) groups excluding carboxylic acids is 2. The van der Waals surface area contributed by atoms with Gasteiger partial charge >= 0.3 is 0 Å². The summed E-state index contributed by atoms with van der Waals surface area (Å²) in [6, 6.07) is 7.39. The zero-order chi connectivity index (χ0) is 13.5. The summed E-state index contributed by atoms with van der Waals surface area (Å²) in [6.07, 6.45) is 0. The van der Waals surface area contributed by atoms with Crippen molar-refractivity contribution in [2.24, 2.45) is 5.92 Å². The van der Waals surface area contributed by atoms with Crippen LogP contribution in [0.15, 0.2) is 24.3 Å². The maximum absolute atomic E-state index is 11.5. The third kappa shape index (κ3) is 5.10. The molecule has 0 bridgehead atoms. The van der Waals surface area contributed by atoms with Crippen molar-refractivity contribution >= 4 is 17.4 Å². The first-order chi connectivity index (χ1) is 8.49. The molecule has 0 radical (unpaired) electrons. The van der Waals surface area contributed by atoms with Crippen molar-refractivity contribution in [2.75, 3.05) is 11.9 Å². The molecular weight excluding hydrogens is 230 g/mol. The smallest absolute Gasteiger partial charge is 0.226 e. The molecule has 4 heteroatoms. The number of Topliss-reactive ketones (excluding diaryl/α,β-unsaturated/α-hetero) is 1.